The van der Waals surface area contributed by atoms with Crippen molar-refractivity contribution >= 4 is 5.97 Å². The van der Waals surface area contributed by atoms with Crippen LogP contribution in [-0.4, -0.2) is 23.7 Å². The Kier molecular flexibility index (Phi) is 3.29. The van der Waals surface area contributed by atoms with Crippen molar-refractivity contribution in [1.82, 2.24) is 5.32 Å². The lowest BCUT2D eigenvalue weighted by molar-refractivity contribution is -0.150. The SMILES string of the molecule is O=C(O)C1(NC2CCCC2)COCc2ccccc21. The molecule has 1 aliphatic heterocycles. The first kappa shape index (κ1) is 12.6. The Labute approximate surface area is 112 Å². The molecule has 0 radical (unpaired) electrons. The van der Waals surface area contributed by atoms with Crippen LogP contribution in [0.3, 0.4) is 0 Å². The molecule has 2 N–H and O–H groups in total. The Hall–Kier alpha value is -1.39. The first-order valence-electron chi connectivity index (χ1n) is 6.89. The van der Waals surface area contributed by atoms with Crippen LogP contribution in [0.1, 0.15) is 36.8 Å². The van der Waals surface area contributed by atoms with E-state index in [0.717, 1.165) is 24.0 Å². The predicted octanol–water partition coefficient (Wildman–Crippen LogP) is 2.03. The van der Waals surface area contributed by atoms with Crippen molar-refractivity contribution < 1.29 is 14.6 Å². The van der Waals surface area contributed by atoms with E-state index in [1.165, 1.54) is 12.8 Å². The largest absolute Gasteiger partial charge is 0.480 e. The summed E-state index contributed by atoms with van der Waals surface area (Å²) in [6, 6.07) is 7.97. The quantitative estimate of drug-likeness (QED) is 0.874. The van der Waals surface area contributed by atoms with Gasteiger partial charge in [0.1, 0.15) is 0 Å². The van der Waals surface area contributed by atoms with Gasteiger partial charge in [-0.25, -0.2) is 4.79 Å². The molecular weight excluding hydrogens is 242 g/mol. The number of aliphatic carboxylic acids is 1. The Balaban J connectivity index is 1.99. The van der Waals surface area contributed by atoms with Gasteiger partial charge >= 0.3 is 5.97 Å². The number of rotatable bonds is 3. The monoisotopic (exact) mass is 261 g/mol. The van der Waals surface area contributed by atoms with Gasteiger partial charge in [-0.05, 0) is 24.0 Å². The number of carboxylic acid groups (broad SMARTS) is 1. The smallest absolute Gasteiger partial charge is 0.331 e. The summed E-state index contributed by atoms with van der Waals surface area (Å²) in [6.45, 7) is 0.702. The highest BCUT2D eigenvalue weighted by molar-refractivity contribution is 5.82. The molecule has 1 heterocycles. The molecular formula is C15H19NO3. The average Bonchev–Trinajstić information content (AvgIpc) is 2.91. The van der Waals surface area contributed by atoms with Crippen LogP contribution < -0.4 is 5.32 Å². The molecule has 0 aromatic heterocycles. The maximum Gasteiger partial charge on any atom is 0.331 e. The van der Waals surface area contributed by atoms with Crippen molar-refractivity contribution in [2.45, 2.75) is 43.9 Å². The van der Waals surface area contributed by atoms with Crippen LogP contribution in [-0.2, 0) is 21.7 Å². The molecule has 1 atom stereocenters. The molecule has 1 saturated carbocycles. The number of hydrogen-bond acceptors (Lipinski definition) is 3. The first-order chi connectivity index (χ1) is 9.22. The number of carboxylic acids is 1. The van der Waals surface area contributed by atoms with E-state index in [1.807, 2.05) is 24.3 Å². The van der Waals surface area contributed by atoms with Crippen molar-refractivity contribution in [3.63, 3.8) is 0 Å². The van der Waals surface area contributed by atoms with Gasteiger partial charge in [0, 0.05) is 6.04 Å². The van der Waals surface area contributed by atoms with Crippen molar-refractivity contribution in [1.29, 1.82) is 0 Å². The molecule has 2 aliphatic rings. The third kappa shape index (κ3) is 2.15. The molecule has 4 heteroatoms. The maximum absolute atomic E-state index is 11.9. The normalized spacial score (nSPS) is 27.2. The molecule has 1 aromatic carbocycles. The van der Waals surface area contributed by atoms with Crippen molar-refractivity contribution in [3.05, 3.63) is 35.4 Å². The van der Waals surface area contributed by atoms with Crippen LogP contribution in [0.15, 0.2) is 24.3 Å². The minimum Gasteiger partial charge on any atom is -0.480 e. The van der Waals surface area contributed by atoms with E-state index >= 15 is 0 Å². The van der Waals surface area contributed by atoms with Gasteiger partial charge in [0.2, 0.25) is 0 Å². The molecule has 0 spiro atoms. The Morgan fingerprint density at radius 1 is 1.32 bits per heavy atom. The second kappa shape index (κ2) is 4.94. The first-order valence-corrected chi connectivity index (χ1v) is 6.89. The fourth-order valence-corrected chi connectivity index (χ4v) is 3.23. The molecule has 1 unspecified atom stereocenters. The summed E-state index contributed by atoms with van der Waals surface area (Å²) in [4.78, 5) is 11.9. The molecule has 1 aliphatic carbocycles. The van der Waals surface area contributed by atoms with E-state index in [4.69, 9.17) is 4.74 Å². The molecule has 1 fully saturated rings. The zero-order valence-corrected chi connectivity index (χ0v) is 10.9. The van der Waals surface area contributed by atoms with E-state index in [0.29, 0.717) is 6.61 Å². The topological polar surface area (TPSA) is 58.6 Å². The summed E-state index contributed by atoms with van der Waals surface area (Å²) in [5.74, 6) is -0.841. The van der Waals surface area contributed by atoms with Crippen molar-refractivity contribution in [2.75, 3.05) is 6.61 Å². The highest BCUT2D eigenvalue weighted by Gasteiger charge is 2.46. The number of fused-ring (bicyclic) bond motifs is 1. The molecule has 0 saturated heterocycles. The van der Waals surface area contributed by atoms with Gasteiger partial charge in [0.25, 0.3) is 0 Å². The van der Waals surface area contributed by atoms with E-state index in [1.54, 1.807) is 0 Å². The van der Waals surface area contributed by atoms with Crippen LogP contribution in [0, 0.1) is 0 Å². The minimum absolute atomic E-state index is 0.204. The number of ether oxygens (including phenoxy) is 1. The lowest BCUT2D eigenvalue weighted by atomic mass is 9.84. The van der Waals surface area contributed by atoms with Gasteiger partial charge in [-0.3, -0.25) is 5.32 Å². The van der Waals surface area contributed by atoms with E-state index in [-0.39, 0.29) is 12.6 Å². The summed E-state index contributed by atoms with van der Waals surface area (Å²) in [5.41, 5.74) is 0.756. The van der Waals surface area contributed by atoms with Gasteiger partial charge in [0.15, 0.2) is 5.54 Å². The lowest BCUT2D eigenvalue weighted by Crippen LogP contribution is -2.57. The molecule has 0 bridgehead atoms. The molecule has 0 amide bonds. The number of benzene rings is 1. The summed E-state index contributed by atoms with van der Waals surface area (Å²) < 4.78 is 5.54. The van der Waals surface area contributed by atoms with Gasteiger partial charge in [-0.2, -0.15) is 0 Å². The third-order valence-corrected chi connectivity index (χ3v) is 4.22. The summed E-state index contributed by atoms with van der Waals surface area (Å²) in [7, 11) is 0. The van der Waals surface area contributed by atoms with Crippen LogP contribution in [0.2, 0.25) is 0 Å². The zero-order chi connectivity index (χ0) is 13.3. The molecule has 102 valence electrons. The second-order valence-electron chi connectivity index (χ2n) is 5.49. The minimum atomic E-state index is -1.08. The van der Waals surface area contributed by atoms with E-state index < -0.39 is 11.5 Å². The van der Waals surface area contributed by atoms with Crippen LogP contribution in [0.4, 0.5) is 0 Å². The highest BCUT2D eigenvalue weighted by atomic mass is 16.5. The van der Waals surface area contributed by atoms with Gasteiger partial charge in [0.05, 0.1) is 13.2 Å². The fraction of sp³-hybridized carbons (Fsp3) is 0.533. The van der Waals surface area contributed by atoms with Crippen molar-refractivity contribution in [3.8, 4) is 0 Å². The summed E-state index contributed by atoms with van der Waals surface area (Å²) in [6.07, 6.45) is 4.46. The molecule has 3 rings (SSSR count). The van der Waals surface area contributed by atoms with Gasteiger partial charge in [-0.15, -0.1) is 0 Å². The predicted molar refractivity (Wildman–Crippen MR) is 70.8 cm³/mol. The molecule has 19 heavy (non-hydrogen) atoms. The standard InChI is InChI=1S/C15H19NO3/c17-14(18)15(16-12-6-2-3-7-12)10-19-9-11-5-1-4-8-13(11)15/h1,4-5,8,12,16H,2-3,6-7,9-10H2,(H,17,18). The van der Waals surface area contributed by atoms with E-state index in [2.05, 4.69) is 5.32 Å². The van der Waals surface area contributed by atoms with Crippen molar-refractivity contribution in [2.24, 2.45) is 0 Å². The Bertz CT molecular complexity index is 482. The number of hydrogen-bond donors (Lipinski definition) is 2. The molecule has 4 nitrogen and oxygen atoms in total. The highest BCUT2D eigenvalue weighted by Crippen LogP contribution is 2.33. The summed E-state index contributed by atoms with van der Waals surface area (Å²) >= 11 is 0. The number of nitrogens with one attached hydrogen (secondary N) is 1. The zero-order valence-electron chi connectivity index (χ0n) is 10.9. The second-order valence-corrected chi connectivity index (χ2v) is 5.49. The third-order valence-electron chi connectivity index (χ3n) is 4.22. The van der Waals surface area contributed by atoms with E-state index in [9.17, 15) is 9.90 Å². The van der Waals surface area contributed by atoms with Gasteiger partial charge < -0.3 is 9.84 Å². The van der Waals surface area contributed by atoms with Crippen LogP contribution in [0.25, 0.3) is 0 Å². The lowest BCUT2D eigenvalue weighted by Gasteiger charge is -2.38. The Morgan fingerprint density at radius 3 is 2.79 bits per heavy atom. The average molecular weight is 261 g/mol. The van der Waals surface area contributed by atoms with Gasteiger partial charge in [-0.1, -0.05) is 37.1 Å². The number of carbonyl (C=O) groups is 1. The maximum atomic E-state index is 11.9. The fourth-order valence-electron chi connectivity index (χ4n) is 3.23. The molecule has 1 aromatic rings. The van der Waals surface area contributed by atoms with Crippen LogP contribution in [0.5, 0.6) is 0 Å². The summed E-state index contributed by atoms with van der Waals surface area (Å²) in [5, 5.41) is 13.1. The Morgan fingerprint density at radius 2 is 2.05 bits per heavy atom. The van der Waals surface area contributed by atoms with Crippen LogP contribution >= 0.6 is 0 Å².